The summed E-state index contributed by atoms with van der Waals surface area (Å²) in [7, 11) is 0. The molecular weight excluding hydrogens is 337 g/mol. The average Bonchev–Trinajstić information content (AvgIpc) is 2.45. The maximum atomic E-state index is 12.5. The number of non-ortho nitro benzene ring substituents is 1. The second kappa shape index (κ2) is 6.35. The molecule has 23 heavy (non-hydrogen) atoms. The van der Waals surface area contributed by atoms with Gasteiger partial charge in [-0.15, -0.1) is 0 Å². The van der Waals surface area contributed by atoms with Gasteiger partial charge >= 0.3 is 6.18 Å². The predicted molar refractivity (Wildman–Crippen MR) is 78.8 cm³/mol. The van der Waals surface area contributed by atoms with Crippen molar-refractivity contribution in [3.8, 4) is 0 Å². The normalized spacial score (nSPS) is 16.5. The molecule has 0 aromatic heterocycles. The van der Waals surface area contributed by atoms with Crippen LogP contribution in [0.3, 0.4) is 0 Å². The molecule has 1 aliphatic heterocycles. The minimum absolute atomic E-state index is 0.0745. The van der Waals surface area contributed by atoms with E-state index in [1.807, 2.05) is 0 Å². The van der Waals surface area contributed by atoms with E-state index in [4.69, 9.17) is 11.6 Å². The molecule has 1 fully saturated rings. The molecule has 0 saturated carbocycles. The summed E-state index contributed by atoms with van der Waals surface area (Å²) in [6, 6.07) is 2.59. The van der Waals surface area contributed by atoms with Gasteiger partial charge in [0.15, 0.2) is 0 Å². The van der Waals surface area contributed by atoms with Gasteiger partial charge in [-0.1, -0.05) is 11.6 Å². The van der Waals surface area contributed by atoms with Gasteiger partial charge in [0, 0.05) is 31.1 Å². The first-order chi connectivity index (χ1) is 10.6. The Balaban J connectivity index is 2.15. The van der Waals surface area contributed by atoms with Gasteiger partial charge in [0.25, 0.3) is 5.69 Å². The van der Waals surface area contributed by atoms with Crippen molar-refractivity contribution in [3.63, 3.8) is 0 Å². The van der Waals surface area contributed by atoms with Crippen LogP contribution in [-0.2, 0) is 4.79 Å². The number of ketones is 1. The molecule has 1 aromatic carbocycles. The zero-order valence-corrected chi connectivity index (χ0v) is 12.9. The van der Waals surface area contributed by atoms with Gasteiger partial charge in [-0.2, -0.15) is 13.2 Å². The Labute approximate surface area is 135 Å². The van der Waals surface area contributed by atoms with E-state index < -0.39 is 22.8 Å². The maximum absolute atomic E-state index is 12.5. The fourth-order valence-corrected chi connectivity index (χ4v) is 3.20. The number of nitro groups is 1. The van der Waals surface area contributed by atoms with E-state index in [-0.39, 0.29) is 36.6 Å². The monoisotopic (exact) mass is 350 g/mol. The SMILES string of the molecule is Cc1cc([N+](=O)[O-])cc(Cl)c1N1CCC(C(=O)C(F)(F)F)CC1. The molecule has 0 bridgehead atoms. The number of carbonyl (C=O) groups is 1. The van der Waals surface area contributed by atoms with Crippen LogP contribution >= 0.6 is 11.6 Å². The molecule has 9 heteroatoms. The quantitative estimate of drug-likeness (QED) is 0.612. The van der Waals surface area contributed by atoms with E-state index in [0.717, 1.165) is 0 Å². The van der Waals surface area contributed by atoms with Crippen LogP contribution in [0, 0.1) is 23.0 Å². The summed E-state index contributed by atoms with van der Waals surface area (Å²) in [6.07, 6.45) is -4.66. The van der Waals surface area contributed by atoms with E-state index in [9.17, 15) is 28.1 Å². The first kappa shape index (κ1) is 17.5. The Morgan fingerprint density at radius 2 is 1.91 bits per heavy atom. The summed E-state index contributed by atoms with van der Waals surface area (Å²) in [5.41, 5.74) is 0.998. The molecule has 1 aliphatic rings. The molecule has 0 spiro atoms. The lowest BCUT2D eigenvalue weighted by molar-refractivity contribution is -0.384. The molecule has 0 aliphatic carbocycles. The van der Waals surface area contributed by atoms with Crippen molar-refractivity contribution in [2.24, 2.45) is 5.92 Å². The number of aryl methyl sites for hydroxylation is 1. The third kappa shape index (κ3) is 3.74. The highest BCUT2D eigenvalue weighted by molar-refractivity contribution is 6.33. The number of hydrogen-bond donors (Lipinski definition) is 0. The van der Waals surface area contributed by atoms with Crippen molar-refractivity contribution in [2.75, 3.05) is 18.0 Å². The first-order valence-corrected chi connectivity index (χ1v) is 7.29. The molecule has 0 N–H and O–H groups in total. The van der Waals surface area contributed by atoms with Gasteiger partial charge in [-0.3, -0.25) is 14.9 Å². The van der Waals surface area contributed by atoms with Crippen molar-refractivity contribution in [3.05, 3.63) is 32.8 Å². The zero-order valence-electron chi connectivity index (χ0n) is 12.2. The fraction of sp³-hybridized carbons (Fsp3) is 0.500. The molecule has 0 atom stereocenters. The fourth-order valence-electron chi connectivity index (χ4n) is 2.82. The molecule has 0 amide bonds. The number of anilines is 1. The number of carbonyl (C=O) groups excluding carboxylic acids is 1. The highest BCUT2D eigenvalue weighted by Gasteiger charge is 2.44. The Kier molecular flexibility index (Phi) is 4.84. The number of piperidine rings is 1. The van der Waals surface area contributed by atoms with Crippen LogP contribution in [-0.4, -0.2) is 30.0 Å². The maximum Gasteiger partial charge on any atom is 0.450 e. The van der Waals surface area contributed by atoms with Gasteiger partial charge < -0.3 is 4.90 Å². The molecule has 0 radical (unpaired) electrons. The number of benzene rings is 1. The van der Waals surface area contributed by atoms with Crippen molar-refractivity contribution in [2.45, 2.75) is 25.9 Å². The van der Waals surface area contributed by atoms with Crippen LogP contribution in [0.5, 0.6) is 0 Å². The number of halogens is 4. The van der Waals surface area contributed by atoms with E-state index in [2.05, 4.69) is 0 Å². The molecule has 1 heterocycles. The van der Waals surface area contributed by atoms with E-state index in [1.54, 1.807) is 11.8 Å². The summed E-state index contributed by atoms with van der Waals surface area (Å²) in [6.45, 7) is 2.14. The van der Waals surface area contributed by atoms with Gasteiger partial charge in [0.1, 0.15) is 0 Å². The predicted octanol–water partition coefficient (Wildman–Crippen LogP) is 3.90. The van der Waals surface area contributed by atoms with Crippen molar-refractivity contribution >= 4 is 28.8 Å². The van der Waals surface area contributed by atoms with Crippen LogP contribution in [0.25, 0.3) is 0 Å². The third-order valence-electron chi connectivity index (χ3n) is 3.91. The van der Waals surface area contributed by atoms with Crippen LogP contribution < -0.4 is 4.90 Å². The lowest BCUT2D eigenvalue weighted by Gasteiger charge is -2.34. The molecule has 1 saturated heterocycles. The zero-order chi connectivity index (χ0) is 17.4. The highest BCUT2D eigenvalue weighted by Crippen LogP contribution is 2.37. The Morgan fingerprint density at radius 1 is 1.35 bits per heavy atom. The Bertz CT molecular complexity index is 618. The van der Waals surface area contributed by atoms with Gasteiger partial charge in [0.2, 0.25) is 5.78 Å². The first-order valence-electron chi connectivity index (χ1n) is 6.91. The van der Waals surface area contributed by atoms with Crippen LogP contribution in [0.15, 0.2) is 12.1 Å². The summed E-state index contributed by atoms with van der Waals surface area (Å²) < 4.78 is 37.4. The molecule has 2 rings (SSSR count). The summed E-state index contributed by atoms with van der Waals surface area (Å²) in [5.74, 6) is -2.73. The molecule has 5 nitrogen and oxygen atoms in total. The van der Waals surface area contributed by atoms with Crippen LogP contribution in [0.1, 0.15) is 18.4 Å². The van der Waals surface area contributed by atoms with Gasteiger partial charge in [-0.05, 0) is 25.3 Å². The number of nitrogens with zero attached hydrogens (tertiary/aromatic N) is 2. The van der Waals surface area contributed by atoms with Crippen LogP contribution in [0.2, 0.25) is 5.02 Å². The summed E-state index contributed by atoms with van der Waals surface area (Å²) in [5, 5.41) is 11.0. The Hall–Kier alpha value is -1.83. The van der Waals surface area contributed by atoms with E-state index in [0.29, 0.717) is 11.3 Å². The van der Waals surface area contributed by atoms with Crippen molar-refractivity contribution in [1.82, 2.24) is 0 Å². The number of Topliss-reactive ketones (excluding diaryl/α,β-unsaturated/α-hetero) is 1. The minimum atomic E-state index is -4.81. The number of alkyl halides is 3. The highest BCUT2D eigenvalue weighted by atomic mass is 35.5. The lowest BCUT2D eigenvalue weighted by atomic mass is 9.91. The molecule has 126 valence electrons. The number of hydrogen-bond acceptors (Lipinski definition) is 4. The minimum Gasteiger partial charge on any atom is -0.370 e. The van der Waals surface area contributed by atoms with E-state index in [1.165, 1.54) is 12.1 Å². The smallest absolute Gasteiger partial charge is 0.370 e. The number of nitro benzene ring substituents is 1. The molecule has 1 aromatic rings. The second-order valence-electron chi connectivity index (χ2n) is 5.47. The topological polar surface area (TPSA) is 63.5 Å². The second-order valence-corrected chi connectivity index (χ2v) is 5.88. The van der Waals surface area contributed by atoms with Crippen LogP contribution in [0.4, 0.5) is 24.5 Å². The largest absolute Gasteiger partial charge is 0.450 e. The van der Waals surface area contributed by atoms with Crippen molar-refractivity contribution in [1.29, 1.82) is 0 Å². The molecule has 0 unspecified atom stereocenters. The van der Waals surface area contributed by atoms with Gasteiger partial charge in [-0.25, -0.2) is 0 Å². The number of rotatable bonds is 3. The van der Waals surface area contributed by atoms with E-state index >= 15 is 0 Å². The Morgan fingerprint density at radius 3 is 2.35 bits per heavy atom. The lowest BCUT2D eigenvalue weighted by Crippen LogP contribution is -2.40. The summed E-state index contributed by atoms with van der Waals surface area (Å²) >= 11 is 6.09. The standard InChI is InChI=1S/C14H14ClF3N2O3/c1-8-6-10(20(22)23)7-11(15)12(8)19-4-2-9(3-5-19)13(21)14(16,17)18/h6-7,9H,2-5H2,1H3. The third-order valence-corrected chi connectivity index (χ3v) is 4.20. The summed E-state index contributed by atoms with van der Waals surface area (Å²) in [4.78, 5) is 23.3. The van der Waals surface area contributed by atoms with Gasteiger partial charge in [0.05, 0.1) is 15.6 Å². The molecular formula is C14H14ClF3N2O3. The van der Waals surface area contributed by atoms with Crippen molar-refractivity contribution < 1.29 is 22.9 Å². The average molecular weight is 351 g/mol.